The summed E-state index contributed by atoms with van der Waals surface area (Å²) in [7, 11) is 0. The van der Waals surface area contributed by atoms with Crippen molar-refractivity contribution < 1.29 is 9.53 Å². The smallest absolute Gasteiger partial charge is 0.258 e. The van der Waals surface area contributed by atoms with Gasteiger partial charge in [-0.2, -0.15) is 0 Å². The van der Waals surface area contributed by atoms with Crippen LogP contribution in [-0.4, -0.2) is 17.1 Å². The molecule has 4 heteroatoms. The lowest BCUT2D eigenvalue weighted by molar-refractivity contribution is 0.0971. The van der Waals surface area contributed by atoms with Crippen LogP contribution in [0.15, 0.2) is 95.8 Å². The molecule has 0 aliphatic rings. The molecule has 1 aromatic heterocycles. The number of benzene rings is 3. The van der Waals surface area contributed by atoms with Crippen molar-refractivity contribution in [2.45, 2.75) is 71.1 Å². The van der Waals surface area contributed by atoms with Crippen molar-refractivity contribution in [2.75, 3.05) is 6.61 Å². The number of ether oxygens (including phenoxy) is 1. The summed E-state index contributed by atoms with van der Waals surface area (Å²) in [4.78, 5) is 26.3. The van der Waals surface area contributed by atoms with Gasteiger partial charge in [0.1, 0.15) is 5.75 Å². The van der Waals surface area contributed by atoms with E-state index in [0.29, 0.717) is 12.1 Å². The molecule has 0 bridgehead atoms. The average molecular weight is 536 g/mol. The second-order valence-electron chi connectivity index (χ2n) is 10.4. The number of aromatic nitrogens is 1. The molecule has 4 aromatic rings. The minimum absolute atomic E-state index is 0.346. The topological polar surface area (TPSA) is 48.3 Å². The second-order valence-corrected chi connectivity index (χ2v) is 10.4. The maximum Gasteiger partial charge on any atom is 0.258 e. The lowest BCUT2D eigenvalue weighted by Gasteiger charge is -2.11. The molecule has 208 valence electrons. The van der Waals surface area contributed by atoms with E-state index in [0.717, 1.165) is 34.2 Å². The van der Waals surface area contributed by atoms with Gasteiger partial charge in [-0.15, -0.1) is 0 Å². The van der Waals surface area contributed by atoms with Crippen LogP contribution in [-0.2, 0) is 0 Å². The summed E-state index contributed by atoms with van der Waals surface area (Å²) in [6.07, 6.45) is 16.1. The number of carbonyl (C=O) groups excluding carboxylic acids is 1. The molecular weight excluding hydrogens is 494 g/mol. The zero-order chi connectivity index (χ0) is 28.0. The first-order chi connectivity index (χ1) is 19.7. The van der Waals surface area contributed by atoms with Gasteiger partial charge in [0.25, 0.3) is 11.5 Å². The van der Waals surface area contributed by atoms with Gasteiger partial charge in [0.15, 0.2) is 0 Å². The third-order valence-electron chi connectivity index (χ3n) is 7.27. The Morgan fingerprint density at radius 2 is 1.43 bits per heavy atom. The Balaban J connectivity index is 1.33. The second kappa shape index (κ2) is 15.6. The molecule has 4 rings (SSSR count). The van der Waals surface area contributed by atoms with E-state index in [1.165, 1.54) is 68.4 Å². The molecule has 0 radical (unpaired) electrons. The number of pyridine rings is 1. The summed E-state index contributed by atoms with van der Waals surface area (Å²) in [6.45, 7) is 2.95. The van der Waals surface area contributed by atoms with Crippen LogP contribution in [0.25, 0.3) is 28.1 Å². The molecule has 0 aliphatic heterocycles. The van der Waals surface area contributed by atoms with E-state index >= 15 is 0 Å². The number of nitrogens with zero attached hydrogens (tertiary/aromatic N) is 1. The maximum atomic E-state index is 13.2. The Bertz CT molecular complexity index is 1450. The van der Waals surface area contributed by atoms with Gasteiger partial charge in [-0.25, -0.2) is 4.57 Å². The SMILES string of the molecule is CCCCCCCCCCCCOc1cccc(C=CC(=O)n2c(=O)cc(-c3ccccc3)c3ccccc32)c1. The Labute approximate surface area is 238 Å². The summed E-state index contributed by atoms with van der Waals surface area (Å²) in [5.74, 6) is 0.415. The third kappa shape index (κ3) is 8.29. The molecule has 40 heavy (non-hydrogen) atoms. The lowest BCUT2D eigenvalue weighted by Crippen LogP contribution is -2.25. The van der Waals surface area contributed by atoms with Crippen LogP contribution in [0.1, 0.15) is 81.5 Å². The Kier molecular flexibility index (Phi) is 11.3. The summed E-state index contributed by atoms with van der Waals surface area (Å²) >= 11 is 0. The first-order valence-electron chi connectivity index (χ1n) is 14.8. The number of hydrogen-bond acceptors (Lipinski definition) is 3. The summed E-state index contributed by atoms with van der Waals surface area (Å²) in [6, 6.07) is 26.6. The van der Waals surface area contributed by atoms with Gasteiger partial charge < -0.3 is 4.74 Å². The molecule has 0 atom stereocenters. The van der Waals surface area contributed by atoms with Gasteiger partial charge in [0.05, 0.1) is 12.1 Å². The van der Waals surface area contributed by atoms with Crippen LogP contribution >= 0.6 is 0 Å². The zero-order valence-electron chi connectivity index (χ0n) is 23.7. The van der Waals surface area contributed by atoms with E-state index in [9.17, 15) is 9.59 Å². The van der Waals surface area contributed by atoms with Crippen molar-refractivity contribution >= 4 is 22.9 Å². The van der Waals surface area contributed by atoms with Gasteiger partial charge in [-0.3, -0.25) is 9.59 Å². The highest BCUT2D eigenvalue weighted by molar-refractivity contribution is 6.03. The largest absolute Gasteiger partial charge is 0.494 e. The van der Waals surface area contributed by atoms with Crippen LogP contribution in [0.4, 0.5) is 0 Å². The summed E-state index contributed by atoms with van der Waals surface area (Å²) < 4.78 is 7.21. The Morgan fingerprint density at radius 3 is 2.17 bits per heavy atom. The van der Waals surface area contributed by atoms with Crippen LogP contribution in [0.3, 0.4) is 0 Å². The van der Waals surface area contributed by atoms with E-state index < -0.39 is 0 Å². The molecule has 0 N–H and O–H groups in total. The van der Waals surface area contributed by atoms with Gasteiger partial charge in [-0.1, -0.05) is 125 Å². The number of para-hydroxylation sites is 1. The normalized spacial score (nSPS) is 11.3. The highest BCUT2D eigenvalue weighted by Gasteiger charge is 2.13. The van der Waals surface area contributed by atoms with E-state index in [-0.39, 0.29) is 11.5 Å². The van der Waals surface area contributed by atoms with Crippen LogP contribution in [0.2, 0.25) is 0 Å². The zero-order valence-corrected chi connectivity index (χ0v) is 23.7. The highest BCUT2D eigenvalue weighted by Crippen LogP contribution is 2.27. The van der Waals surface area contributed by atoms with Crippen molar-refractivity contribution in [1.82, 2.24) is 4.57 Å². The van der Waals surface area contributed by atoms with E-state index in [1.807, 2.05) is 78.9 Å². The van der Waals surface area contributed by atoms with Crippen LogP contribution in [0.5, 0.6) is 5.75 Å². The van der Waals surface area contributed by atoms with Crippen LogP contribution < -0.4 is 10.3 Å². The third-order valence-corrected chi connectivity index (χ3v) is 7.27. The van der Waals surface area contributed by atoms with E-state index in [2.05, 4.69) is 6.92 Å². The fourth-order valence-electron chi connectivity index (χ4n) is 5.09. The molecule has 4 nitrogen and oxygen atoms in total. The number of rotatable bonds is 15. The highest BCUT2D eigenvalue weighted by atomic mass is 16.5. The van der Waals surface area contributed by atoms with Crippen molar-refractivity contribution in [1.29, 1.82) is 0 Å². The first-order valence-corrected chi connectivity index (χ1v) is 14.8. The fourth-order valence-corrected chi connectivity index (χ4v) is 5.09. The molecule has 0 unspecified atom stereocenters. The Morgan fingerprint density at radius 1 is 0.750 bits per heavy atom. The van der Waals surface area contributed by atoms with Crippen molar-refractivity contribution in [3.05, 3.63) is 107 Å². The number of carbonyl (C=O) groups is 1. The molecule has 3 aromatic carbocycles. The molecule has 0 aliphatic carbocycles. The van der Waals surface area contributed by atoms with Gasteiger partial charge in [0, 0.05) is 17.5 Å². The van der Waals surface area contributed by atoms with E-state index in [1.54, 1.807) is 12.1 Å². The number of fused-ring (bicyclic) bond motifs is 1. The summed E-state index contributed by atoms with van der Waals surface area (Å²) in [5.41, 5.74) is 2.87. The molecule has 1 heterocycles. The maximum absolute atomic E-state index is 13.2. The Hall–Kier alpha value is -3.92. The summed E-state index contributed by atoms with van der Waals surface area (Å²) in [5, 5.41) is 0.859. The number of hydrogen-bond donors (Lipinski definition) is 0. The molecule has 0 spiro atoms. The van der Waals surface area contributed by atoms with Gasteiger partial charge in [-0.05, 0) is 47.4 Å². The molecule has 0 amide bonds. The number of unbranched alkanes of at least 4 members (excludes halogenated alkanes) is 9. The monoisotopic (exact) mass is 535 g/mol. The molecular formula is C36H41NO3. The average Bonchev–Trinajstić information content (AvgIpc) is 2.99. The quantitative estimate of drug-likeness (QED) is 0.113. The predicted molar refractivity (Wildman–Crippen MR) is 167 cm³/mol. The van der Waals surface area contributed by atoms with Crippen molar-refractivity contribution in [3.8, 4) is 16.9 Å². The number of allylic oxidation sites excluding steroid dienone is 1. The first kappa shape index (κ1) is 29.1. The molecule has 0 saturated carbocycles. The van der Waals surface area contributed by atoms with Crippen LogP contribution in [0, 0.1) is 0 Å². The fraction of sp³-hybridized carbons (Fsp3) is 0.333. The van der Waals surface area contributed by atoms with E-state index in [4.69, 9.17) is 4.74 Å². The standard InChI is InChI=1S/C36H41NO3/c1-2-3-4-5-6-7-8-9-10-16-26-40-31-21-17-18-29(27-31)24-25-35(38)37-34-23-15-14-22-32(34)33(28-36(37)39)30-19-12-11-13-20-30/h11-15,17-25,27-28H,2-10,16,26H2,1H3. The predicted octanol–water partition coefficient (Wildman–Crippen LogP) is 9.32. The van der Waals surface area contributed by atoms with Gasteiger partial charge >= 0.3 is 0 Å². The van der Waals surface area contributed by atoms with Crippen molar-refractivity contribution in [2.24, 2.45) is 0 Å². The van der Waals surface area contributed by atoms with Gasteiger partial charge in [0.2, 0.25) is 0 Å². The minimum Gasteiger partial charge on any atom is -0.494 e. The molecule has 0 fully saturated rings. The molecule has 0 saturated heterocycles. The minimum atomic E-state index is -0.377. The lowest BCUT2D eigenvalue weighted by atomic mass is 10.0. The van der Waals surface area contributed by atoms with Crippen molar-refractivity contribution in [3.63, 3.8) is 0 Å².